The molecular weight excluding hydrogens is 286 g/mol. The van der Waals surface area contributed by atoms with E-state index in [9.17, 15) is 13.2 Å². The van der Waals surface area contributed by atoms with E-state index in [1.807, 2.05) is 0 Å². The van der Waals surface area contributed by atoms with Crippen LogP contribution in [0.1, 0.15) is 53.4 Å². The monoisotopic (exact) mass is 311 g/mol. The molecule has 0 aromatic carbocycles. The van der Waals surface area contributed by atoms with E-state index in [4.69, 9.17) is 0 Å². The average molecular weight is 311 g/mol. The second kappa shape index (κ2) is 3.50. The van der Waals surface area contributed by atoms with Crippen molar-refractivity contribution in [2.75, 3.05) is 5.75 Å². The van der Waals surface area contributed by atoms with Gasteiger partial charge in [0.25, 0.3) is 0 Å². The standard InChI is InChI=1S/C16H25NO3S/c1-14(2)8-11(14)13(18)17-12-7-10-5-6-16(12,15(10,3)4)9-21(17,19)20/h10-12H,5-9H2,1-4H3/t10-,11-,12-,16-/m1/s1. The number of amides is 1. The Balaban J connectivity index is 1.75. The van der Waals surface area contributed by atoms with Crippen molar-refractivity contribution < 1.29 is 13.2 Å². The summed E-state index contributed by atoms with van der Waals surface area (Å²) in [5.41, 5.74) is -0.167. The van der Waals surface area contributed by atoms with E-state index in [0.717, 1.165) is 25.7 Å². The van der Waals surface area contributed by atoms with E-state index in [2.05, 4.69) is 27.7 Å². The van der Waals surface area contributed by atoms with Crippen molar-refractivity contribution in [3.8, 4) is 0 Å². The van der Waals surface area contributed by atoms with Crippen LogP contribution in [0, 0.1) is 28.1 Å². The third kappa shape index (κ3) is 1.47. The Labute approximate surface area is 127 Å². The lowest BCUT2D eigenvalue weighted by atomic mass is 9.69. The van der Waals surface area contributed by atoms with Gasteiger partial charge in [0.15, 0.2) is 0 Å². The van der Waals surface area contributed by atoms with Crippen LogP contribution in [0.15, 0.2) is 0 Å². The van der Waals surface area contributed by atoms with Gasteiger partial charge in [0, 0.05) is 11.3 Å². The molecule has 3 saturated carbocycles. The molecule has 5 heteroatoms. The van der Waals surface area contributed by atoms with E-state index < -0.39 is 10.0 Å². The zero-order chi connectivity index (χ0) is 15.4. The first kappa shape index (κ1) is 14.0. The highest BCUT2D eigenvalue weighted by molar-refractivity contribution is 7.90. The lowest BCUT2D eigenvalue weighted by molar-refractivity contribution is -0.131. The summed E-state index contributed by atoms with van der Waals surface area (Å²) in [6.07, 6.45) is 3.79. The Morgan fingerprint density at radius 2 is 1.81 bits per heavy atom. The highest BCUT2D eigenvalue weighted by Crippen LogP contribution is 2.70. The maximum atomic E-state index is 12.8. The molecule has 0 radical (unpaired) electrons. The van der Waals surface area contributed by atoms with Crippen molar-refractivity contribution in [2.24, 2.45) is 28.1 Å². The predicted molar refractivity (Wildman–Crippen MR) is 79.9 cm³/mol. The molecule has 0 unspecified atom stereocenters. The second-order valence-corrected chi connectivity index (χ2v) is 10.8. The number of hydrogen-bond donors (Lipinski definition) is 0. The van der Waals surface area contributed by atoms with Crippen LogP contribution in [0.25, 0.3) is 0 Å². The average Bonchev–Trinajstić information content (AvgIpc) is 2.73. The highest BCUT2D eigenvalue weighted by atomic mass is 32.2. The summed E-state index contributed by atoms with van der Waals surface area (Å²) < 4.78 is 26.8. The van der Waals surface area contributed by atoms with Gasteiger partial charge in [0.2, 0.25) is 15.9 Å². The lowest BCUT2D eigenvalue weighted by Gasteiger charge is -2.37. The van der Waals surface area contributed by atoms with Crippen molar-refractivity contribution in [1.29, 1.82) is 0 Å². The first-order chi connectivity index (χ1) is 9.53. The minimum absolute atomic E-state index is 0.0184. The van der Waals surface area contributed by atoms with Crippen molar-refractivity contribution in [3.05, 3.63) is 0 Å². The van der Waals surface area contributed by atoms with Gasteiger partial charge in [-0.15, -0.1) is 0 Å². The minimum atomic E-state index is -3.43. The van der Waals surface area contributed by atoms with Crippen LogP contribution in [0.4, 0.5) is 0 Å². The molecule has 4 fully saturated rings. The van der Waals surface area contributed by atoms with Crippen LogP contribution in [0.3, 0.4) is 0 Å². The number of carbonyl (C=O) groups is 1. The smallest absolute Gasteiger partial charge is 0.239 e. The lowest BCUT2D eigenvalue weighted by Crippen LogP contribution is -2.45. The molecule has 21 heavy (non-hydrogen) atoms. The zero-order valence-corrected chi connectivity index (χ0v) is 14.2. The quantitative estimate of drug-likeness (QED) is 0.747. The molecule has 2 bridgehead atoms. The highest BCUT2D eigenvalue weighted by Gasteiger charge is 2.73. The summed E-state index contributed by atoms with van der Waals surface area (Å²) in [6.45, 7) is 8.54. The Bertz CT molecular complexity index is 636. The SMILES string of the molecule is CC1(C)C[C@@H]1C(=O)N1[C@@H]2C[C@H]3CC[C@]2(CS1(=O)=O)C3(C)C. The Morgan fingerprint density at radius 1 is 1.19 bits per heavy atom. The van der Waals surface area contributed by atoms with Crippen LogP contribution >= 0.6 is 0 Å². The topological polar surface area (TPSA) is 54.5 Å². The number of hydrogen-bond acceptors (Lipinski definition) is 3. The first-order valence-corrected chi connectivity index (χ1v) is 9.70. The van der Waals surface area contributed by atoms with Crippen molar-refractivity contribution in [2.45, 2.75) is 59.4 Å². The molecule has 0 aromatic rings. The van der Waals surface area contributed by atoms with Gasteiger partial charge in [0.1, 0.15) is 0 Å². The zero-order valence-electron chi connectivity index (χ0n) is 13.3. The van der Waals surface area contributed by atoms with E-state index in [1.165, 1.54) is 4.31 Å². The molecule has 1 aliphatic heterocycles. The third-order valence-corrected chi connectivity index (χ3v) is 9.35. The minimum Gasteiger partial charge on any atom is -0.273 e. The fraction of sp³-hybridized carbons (Fsp3) is 0.938. The number of nitrogens with zero attached hydrogens (tertiary/aromatic N) is 1. The Kier molecular flexibility index (Phi) is 2.34. The molecule has 1 amide bonds. The van der Waals surface area contributed by atoms with Crippen molar-refractivity contribution in [3.63, 3.8) is 0 Å². The molecule has 4 rings (SSSR count). The van der Waals surface area contributed by atoms with Gasteiger partial charge in [-0.3, -0.25) is 4.79 Å². The normalized spacial score (nSPS) is 47.4. The van der Waals surface area contributed by atoms with Crippen LogP contribution in [-0.2, 0) is 14.8 Å². The second-order valence-electron chi connectivity index (χ2n) is 9.00. The Hall–Kier alpha value is -0.580. The van der Waals surface area contributed by atoms with E-state index in [1.54, 1.807) is 0 Å². The van der Waals surface area contributed by atoms with Gasteiger partial charge in [-0.25, -0.2) is 12.7 Å². The molecule has 4 nitrogen and oxygen atoms in total. The molecule has 4 atom stereocenters. The third-order valence-electron chi connectivity index (χ3n) is 7.44. The predicted octanol–water partition coefficient (Wildman–Crippen LogP) is 2.40. The largest absolute Gasteiger partial charge is 0.273 e. The molecule has 118 valence electrons. The molecule has 3 aliphatic carbocycles. The van der Waals surface area contributed by atoms with Crippen LogP contribution < -0.4 is 0 Å². The maximum Gasteiger partial charge on any atom is 0.239 e. The summed E-state index contributed by atoms with van der Waals surface area (Å²) in [7, 11) is -3.43. The molecule has 0 N–H and O–H groups in total. The van der Waals surface area contributed by atoms with Gasteiger partial charge in [-0.1, -0.05) is 27.7 Å². The van der Waals surface area contributed by atoms with Gasteiger partial charge in [-0.05, 0) is 42.4 Å². The van der Waals surface area contributed by atoms with Crippen LogP contribution in [0.2, 0.25) is 0 Å². The van der Waals surface area contributed by atoms with E-state index >= 15 is 0 Å². The molecular formula is C16H25NO3S. The van der Waals surface area contributed by atoms with Gasteiger partial charge < -0.3 is 0 Å². The fourth-order valence-electron chi connectivity index (χ4n) is 5.62. The van der Waals surface area contributed by atoms with Crippen LogP contribution in [0.5, 0.6) is 0 Å². The summed E-state index contributed by atoms with van der Waals surface area (Å²) >= 11 is 0. The summed E-state index contributed by atoms with van der Waals surface area (Å²) in [6, 6.07) is -0.0693. The molecule has 1 heterocycles. The summed E-state index contributed by atoms with van der Waals surface area (Å²) in [5.74, 6) is 0.544. The number of fused-ring (bicyclic) bond motifs is 1. The molecule has 1 spiro atoms. The fourth-order valence-corrected chi connectivity index (χ4v) is 8.20. The van der Waals surface area contributed by atoms with Gasteiger partial charge in [0.05, 0.1) is 11.8 Å². The summed E-state index contributed by atoms with van der Waals surface area (Å²) in [5, 5.41) is 0. The van der Waals surface area contributed by atoms with E-state index in [-0.39, 0.29) is 39.9 Å². The Morgan fingerprint density at radius 3 is 2.33 bits per heavy atom. The number of rotatable bonds is 1. The van der Waals surface area contributed by atoms with Crippen molar-refractivity contribution >= 4 is 15.9 Å². The van der Waals surface area contributed by atoms with Gasteiger partial charge >= 0.3 is 0 Å². The molecule has 1 saturated heterocycles. The first-order valence-electron chi connectivity index (χ1n) is 8.09. The summed E-state index contributed by atoms with van der Waals surface area (Å²) in [4.78, 5) is 12.8. The van der Waals surface area contributed by atoms with Gasteiger partial charge in [-0.2, -0.15) is 0 Å². The molecule has 4 aliphatic rings. The van der Waals surface area contributed by atoms with Crippen LogP contribution in [-0.4, -0.2) is 30.4 Å². The number of sulfonamides is 1. The van der Waals surface area contributed by atoms with Crippen molar-refractivity contribution in [1.82, 2.24) is 4.31 Å². The molecule has 0 aromatic heterocycles. The maximum absolute atomic E-state index is 12.8. The van der Waals surface area contributed by atoms with E-state index in [0.29, 0.717) is 5.92 Å². The number of carbonyl (C=O) groups excluding carboxylic acids is 1.